The van der Waals surface area contributed by atoms with Crippen LogP contribution in [0.4, 0.5) is 5.82 Å². The van der Waals surface area contributed by atoms with E-state index in [1.807, 2.05) is 21.9 Å². The monoisotopic (exact) mass is 438 g/mol. The molecule has 170 valence electrons. The van der Waals surface area contributed by atoms with Crippen LogP contribution in [0.25, 0.3) is 11.2 Å². The number of nitrogens with zero attached hydrogens (tertiary/aromatic N) is 5. The van der Waals surface area contributed by atoms with Crippen LogP contribution >= 0.6 is 0 Å². The minimum atomic E-state index is -0.333. The number of likely N-dealkylation sites (tertiary alicyclic amines) is 1. The van der Waals surface area contributed by atoms with E-state index in [2.05, 4.69) is 9.88 Å². The van der Waals surface area contributed by atoms with Crippen LogP contribution in [-0.4, -0.2) is 82.5 Å². The Labute approximate surface area is 187 Å². The lowest BCUT2D eigenvalue weighted by atomic mass is 9.96. The third-order valence-electron chi connectivity index (χ3n) is 7.51. The zero-order chi connectivity index (χ0) is 21.7. The second kappa shape index (κ2) is 7.72. The highest BCUT2D eigenvalue weighted by Crippen LogP contribution is 2.50. The lowest BCUT2D eigenvalue weighted by Gasteiger charge is -2.34. The van der Waals surface area contributed by atoms with E-state index in [1.54, 1.807) is 0 Å². The first kappa shape index (κ1) is 20.0. The molecule has 3 aliphatic heterocycles. The highest BCUT2D eigenvalue weighted by molar-refractivity contribution is 5.81. The van der Waals surface area contributed by atoms with Crippen LogP contribution in [0, 0.1) is 5.92 Å². The number of morpholine rings is 1. The summed E-state index contributed by atoms with van der Waals surface area (Å²) in [5.74, 6) is 2.09. The van der Waals surface area contributed by atoms with Gasteiger partial charge in [-0.15, -0.1) is 0 Å². The lowest BCUT2D eigenvalue weighted by Crippen LogP contribution is -2.48. The summed E-state index contributed by atoms with van der Waals surface area (Å²) in [6.45, 7) is 4.77. The Morgan fingerprint density at radius 3 is 2.72 bits per heavy atom. The number of rotatable bonds is 4. The van der Waals surface area contributed by atoms with Crippen LogP contribution in [0.5, 0.6) is 0 Å². The molecule has 1 aliphatic carbocycles. The van der Waals surface area contributed by atoms with Gasteiger partial charge < -0.3 is 24.4 Å². The molecule has 1 atom stereocenters. The van der Waals surface area contributed by atoms with Crippen molar-refractivity contribution in [3.8, 4) is 0 Å². The van der Waals surface area contributed by atoms with Crippen molar-refractivity contribution in [2.24, 2.45) is 5.92 Å². The number of pyridine rings is 1. The third-order valence-corrected chi connectivity index (χ3v) is 7.51. The van der Waals surface area contributed by atoms with Crippen LogP contribution in [0.1, 0.15) is 44.3 Å². The fraction of sp³-hybridized carbons (Fsp3) is 0.652. The summed E-state index contributed by atoms with van der Waals surface area (Å²) in [4.78, 5) is 44.6. The minimum absolute atomic E-state index is 0.0323. The fourth-order valence-electron chi connectivity index (χ4n) is 5.59. The molecule has 1 saturated carbocycles. The molecule has 4 fully saturated rings. The Kier molecular flexibility index (Phi) is 4.82. The number of carbonyl (C=O) groups excluding carboxylic acids is 2. The maximum Gasteiger partial charge on any atom is 0.249 e. The Hall–Kier alpha value is -2.68. The van der Waals surface area contributed by atoms with Crippen molar-refractivity contribution in [3.05, 3.63) is 18.0 Å². The summed E-state index contributed by atoms with van der Waals surface area (Å²) >= 11 is 0. The van der Waals surface area contributed by atoms with E-state index in [9.17, 15) is 9.59 Å². The van der Waals surface area contributed by atoms with Crippen molar-refractivity contribution >= 4 is 28.8 Å². The second-order valence-electron chi connectivity index (χ2n) is 9.57. The Bertz CT molecular complexity index is 1040. The molecule has 9 heteroatoms. The number of imidazole rings is 1. The maximum absolute atomic E-state index is 12.9. The molecule has 1 unspecified atom stereocenters. The average molecular weight is 439 g/mol. The molecule has 2 amide bonds. The first-order chi connectivity index (χ1) is 15.6. The van der Waals surface area contributed by atoms with E-state index in [0.717, 1.165) is 81.9 Å². The van der Waals surface area contributed by atoms with Gasteiger partial charge in [0.2, 0.25) is 11.8 Å². The summed E-state index contributed by atoms with van der Waals surface area (Å²) in [6, 6.07) is 4.05. The predicted octanol–water partition coefficient (Wildman–Crippen LogP) is 1.64. The zero-order valence-electron chi connectivity index (χ0n) is 18.4. The van der Waals surface area contributed by atoms with Crippen molar-refractivity contribution in [1.82, 2.24) is 24.8 Å². The molecule has 0 radical (unpaired) electrons. The topological polar surface area (TPSA) is 94.7 Å². The number of H-pyrrole nitrogens is 1. The van der Waals surface area contributed by atoms with Gasteiger partial charge in [0.1, 0.15) is 23.8 Å². The lowest BCUT2D eigenvalue weighted by molar-refractivity contribution is -0.147. The minimum Gasteiger partial charge on any atom is -0.370 e. The number of anilines is 1. The van der Waals surface area contributed by atoms with Gasteiger partial charge in [0.15, 0.2) is 5.65 Å². The smallest absolute Gasteiger partial charge is 0.249 e. The van der Waals surface area contributed by atoms with Gasteiger partial charge in [0.05, 0.1) is 18.0 Å². The number of ether oxygens (including phenoxy) is 1. The summed E-state index contributed by atoms with van der Waals surface area (Å²) in [6.07, 6.45) is 6.03. The second-order valence-corrected chi connectivity index (χ2v) is 9.57. The van der Waals surface area contributed by atoms with Crippen molar-refractivity contribution < 1.29 is 14.3 Å². The molecule has 32 heavy (non-hydrogen) atoms. The summed E-state index contributed by atoms with van der Waals surface area (Å²) in [7, 11) is 0. The SMILES string of the molecule is O=C(C1CCCN(c2ccc3[nH]c(C4(N5CCOCC5=O)CC4)nc3n2)C1)N1CCCC1. The van der Waals surface area contributed by atoms with Gasteiger partial charge in [0.25, 0.3) is 0 Å². The number of piperidine rings is 1. The third kappa shape index (κ3) is 3.34. The molecule has 0 bridgehead atoms. The summed E-state index contributed by atoms with van der Waals surface area (Å²) in [5.41, 5.74) is 1.23. The molecule has 5 heterocycles. The Morgan fingerprint density at radius 1 is 1.09 bits per heavy atom. The normalized spacial score (nSPS) is 25.6. The van der Waals surface area contributed by atoms with Gasteiger partial charge >= 0.3 is 0 Å². The standard InChI is InChI=1S/C23H30N6O3/c30-19-15-32-13-12-29(19)23(7-8-23)22-24-17-5-6-18(25-20(17)26-22)28-11-3-4-16(14-28)21(31)27-9-1-2-10-27/h5-6,16H,1-4,7-15H2,(H,24,25,26). The van der Waals surface area contributed by atoms with E-state index in [0.29, 0.717) is 24.7 Å². The Morgan fingerprint density at radius 2 is 1.94 bits per heavy atom. The molecule has 3 saturated heterocycles. The summed E-state index contributed by atoms with van der Waals surface area (Å²) < 4.78 is 5.30. The van der Waals surface area contributed by atoms with E-state index < -0.39 is 0 Å². The molecule has 9 nitrogen and oxygen atoms in total. The van der Waals surface area contributed by atoms with Crippen molar-refractivity contribution in [1.29, 1.82) is 0 Å². The molecule has 6 rings (SSSR count). The van der Waals surface area contributed by atoms with Crippen molar-refractivity contribution in [2.45, 2.75) is 44.1 Å². The van der Waals surface area contributed by atoms with Gasteiger partial charge in [-0.1, -0.05) is 0 Å². The number of carbonyl (C=O) groups is 2. The number of aromatic nitrogens is 3. The van der Waals surface area contributed by atoms with Crippen LogP contribution in [0.2, 0.25) is 0 Å². The van der Waals surface area contributed by atoms with E-state index in [-0.39, 0.29) is 24.0 Å². The van der Waals surface area contributed by atoms with Gasteiger partial charge in [-0.2, -0.15) is 0 Å². The molecule has 1 N–H and O–H groups in total. The fourth-order valence-corrected chi connectivity index (χ4v) is 5.59. The number of nitrogens with one attached hydrogen (secondary N) is 1. The predicted molar refractivity (Wildman–Crippen MR) is 118 cm³/mol. The molecule has 0 aromatic carbocycles. The number of hydrogen-bond acceptors (Lipinski definition) is 6. The van der Waals surface area contributed by atoms with Gasteiger partial charge in [-0.25, -0.2) is 9.97 Å². The highest BCUT2D eigenvalue weighted by atomic mass is 16.5. The number of aromatic amines is 1. The quantitative estimate of drug-likeness (QED) is 0.780. The molecular formula is C23H30N6O3. The van der Waals surface area contributed by atoms with Crippen LogP contribution in [0.3, 0.4) is 0 Å². The van der Waals surface area contributed by atoms with Gasteiger partial charge in [-0.05, 0) is 50.7 Å². The van der Waals surface area contributed by atoms with Crippen molar-refractivity contribution in [2.75, 3.05) is 50.8 Å². The maximum atomic E-state index is 12.9. The zero-order valence-corrected chi connectivity index (χ0v) is 18.4. The molecular weight excluding hydrogens is 408 g/mol. The first-order valence-electron chi connectivity index (χ1n) is 11.9. The van der Waals surface area contributed by atoms with Crippen LogP contribution in [-0.2, 0) is 19.9 Å². The first-order valence-corrected chi connectivity index (χ1v) is 11.9. The van der Waals surface area contributed by atoms with Gasteiger partial charge in [0, 0.05) is 32.7 Å². The van der Waals surface area contributed by atoms with Gasteiger partial charge in [-0.3, -0.25) is 9.59 Å². The van der Waals surface area contributed by atoms with Crippen molar-refractivity contribution in [3.63, 3.8) is 0 Å². The molecule has 2 aromatic heterocycles. The number of fused-ring (bicyclic) bond motifs is 1. The average Bonchev–Trinajstić information content (AvgIpc) is 3.23. The van der Waals surface area contributed by atoms with E-state index in [4.69, 9.17) is 14.7 Å². The van der Waals surface area contributed by atoms with Crippen LogP contribution in [0.15, 0.2) is 12.1 Å². The largest absolute Gasteiger partial charge is 0.370 e. The number of hydrogen-bond donors (Lipinski definition) is 1. The molecule has 4 aliphatic rings. The summed E-state index contributed by atoms with van der Waals surface area (Å²) in [5, 5.41) is 0. The molecule has 2 aromatic rings. The van der Waals surface area contributed by atoms with Crippen LogP contribution < -0.4 is 4.90 Å². The molecule has 0 spiro atoms. The van der Waals surface area contributed by atoms with E-state index >= 15 is 0 Å². The Balaban J connectivity index is 1.22. The highest BCUT2D eigenvalue weighted by Gasteiger charge is 2.54. The number of amides is 2. The van der Waals surface area contributed by atoms with E-state index in [1.165, 1.54) is 0 Å².